The Morgan fingerprint density at radius 2 is 1.89 bits per heavy atom. The van der Waals surface area contributed by atoms with Gasteiger partial charge < -0.3 is 4.52 Å². The Hall–Kier alpha value is -2.58. The second kappa shape index (κ2) is 7.44. The third-order valence-corrected chi connectivity index (χ3v) is 6.84. The largest absolute Gasteiger partial charge is 0.339 e. The molecule has 0 aliphatic carbocycles. The second-order valence-electron chi connectivity index (χ2n) is 6.95. The Bertz CT molecular complexity index is 1080. The van der Waals surface area contributed by atoms with Crippen LogP contribution in [0.3, 0.4) is 0 Å². The molecule has 2 aromatic carbocycles. The molecule has 0 radical (unpaired) electrons. The molecule has 1 aliphatic heterocycles. The fraction of sp³-hybridized carbons (Fsp3) is 0.300. The summed E-state index contributed by atoms with van der Waals surface area (Å²) in [5.74, 6) is -0.0841. The Balaban J connectivity index is 1.56. The molecule has 1 atom stereocenters. The van der Waals surface area contributed by atoms with Gasteiger partial charge in [0.25, 0.3) is 0 Å². The molecule has 2 heterocycles. The lowest BCUT2D eigenvalue weighted by atomic mass is 10.00. The van der Waals surface area contributed by atoms with Gasteiger partial charge >= 0.3 is 0 Å². The van der Waals surface area contributed by atoms with Gasteiger partial charge in [0.15, 0.2) is 0 Å². The van der Waals surface area contributed by atoms with E-state index in [9.17, 15) is 12.8 Å². The van der Waals surface area contributed by atoms with Crippen molar-refractivity contribution in [3.05, 3.63) is 65.8 Å². The summed E-state index contributed by atoms with van der Waals surface area (Å²) in [7, 11) is -3.92. The number of benzene rings is 2. The number of aromatic nitrogens is 2. The summed E-state index contributed by atoms with van der Waals surface area (Å²) in [6, 6.07) is 13.2. The first-order valence-corrected chi connectivity index (χ1v) is 10.5. The number of piperidine rings is 1. The van der Waals surface area contributed by atoms with E-state index in [1.807, 2.05) is 31.2 Å². The average molecular weight is 401 g/mol. The van der Waals surface area contributed by atoms with Gasteiger partial charge in [0.05, 0.1) is 5.92 Å². The van der Waals surface area contributed by atoms with Gasteiger partial charge in [-0.15, -0.1) is 0 Å². The van der Waals surface area contributed by atoms with E-state index >= 15 is 0 Å². The average Bonchev–Trinajstić information content (AvgIpc) is 3.19. The Morgan fingerprint density at radius 3 is 2.64 bits per heavy atom. The molecule has 3 aromatic rings. The van der Waals surface area contributed by atoms with E-state index in [2.05, 4.69) is 10.1 Å². The van der Waals surface area contributed by atoms with Crippen LogP contribution in [0, 0.1) is 12.7 Å². The molecule has 0 bridgehead atoms. The molecule has 0 amide bonds. The predicted octanol–water partition coefficient (Wildman–Crippen LogP) is 3.75. The maximum Gasteiger partial charge on any atom is 0.246 e. The topological polar surface area (TPSA) is 76.3 Å². The van der Waals surface area contributed by atoms with E-state index in [1.54, 1.807) is 0 Å². The number of hydrogen-bond acceptors (Lipinski definition) is 5. The van der Waals surface area contributed by atoms with Crippen molar-refractivity contribution in [3.8, 4) is 11.4 Å². The molecule has 1 aromatic heterocycles. The summed E-state index contributed by atoms with van der Waals surface area (Å²) in [6.07, 6.45) is 1.37. The highest BCUT2D eigenvalue weighted by Gasteiger charge is 2.34. The summed E-state index contributed by atoms with van der Waals surface area (Å²) < 4.78 is 46.5. The maximum atomic E-state index is 14.0. The Kier molecular flexibility index (Phi) is 4.99. The number of rotatable bonds is 4. The van der Waals surface area contributed by atoms with Gasteiger partial charge in [-0.25, -0.2) is 12.8 Å². The van der Waals surface area contributed by atoms with Crippen LogP contribution in [-0.4, -0.2) is 36.0 Å². The van der Waals surface area contributed by atoms with Crippen molar-refractivity contribution in [2.75, 3.05) is 13.1 Å². The number of halogens is 1. The molecule has 0 N–H and O–H groups in total. The summed E-state index contributed by atoms with van der Waals surface area (Å²) in [4.78, 5) is 4.16. The minimum Gasteiger partial charge on any atom is -0.339 e. The molecular weight excluding hydrogens is 381 g/mol. The normalized spacial score (nSPS) is 18.3. The van der Waals surface area contributed by atoms with E-state index in [0.717, 1.165) is 23.6 Å². The molecule has 0 spiro atoms. The molecule has 146 valence electrons. The van der Waals surface area contributed by atoms with Crippen LogP contribution in [0.5, 0.6) is 0 Å². The van der Waals surface area contributed by atoms with Crippen LogP contribution in [0.4, 0.5) is 4.39 Å². The molecule has 28 heavy (non-hydrogen) atoms. The van der Waals surface area contributed by atoms with Crippen molar-refractivity contribution in [2.45, 2.75) is 30.6 Å². The van der Waals surface area contributed by atoms with Gasteiger partial charge in [-0.3, -0.25) is 0 Å². The van der Waals surface area contributed by atoms with Crippen LogP contribution < -0.4 is 0 Å². The quantitative estimate of drug-likeness (QED) is 0.665. The van der Waals surface area contributed by atoms with Gasteiger partial charge in [0.2, 0.25) is 21.7 Å². The van der Waals surface area contributed by atoms with E-state index in [1.165, 1.54) is 22.5 Å². The Morgan fingerprint density at radius 1 is 1.14 bits per heavy atom. The van der Waals surface area contributed by atoms with E-state index < -0.39 is 15.8 Å². The lowest BCUT2D eigenvalue weighted by molar-refractivity contribution is 0.265. The van der Waals surface area contributed by atoms with Crippen molar-refractivity contribution in [1.82, 2.24) is 14.4 Å². The fourth-order valence-corrected chi connectivity index (χ4v) is 4.97. The van der Waals surface area contributed by atoms with Crippen molar-refractivity contribution in [2.24, 2.45) is 0 Å². The molecule has 1 unspecified atom stereocenters. The van der Waals surface area contributed by atoms with Crippen LogP contribution in [0.25, 0.3) is 11.4 Å². The molecular formula is C20H20FN3O3S. The highest BCUT2D eigenvalue weighted by Crippen LogP contribution is 2.31. The summed E-state index contributed by atoms with van der Waals surface area (Å²) in [5.41, 5.74) is 1.97. The number of sulfonamides is 1. The van der Waals surface area contributed by atoms with Crippen molar-refractivity contribution in [3.63, 3.8) is 0 Å². The molecule has 1 saturated heterocycles. The van der Waals surface area contributed by atoms with Crippen LogP contribution in [0.2, 0.25) is 0 Å². The monoisotopic (exact) mass is 401 g/mol. The third kappa shape index (κ3) is 3.57. The molecule has 1 aliphatic rings. The lowest BCUT2D eigenvalue weighted by Crippen LogP contribution is -2.39. The molecule has 1 fully saturated rings. The van der Waals surface area contributed by atoms with Gasteiger partial charge in [0.1, 0.15) is 10.7 Å². The smallest absolute Gasteiger partial charge is 0.246 e. The first-order valence-electron chi connectivity index (χ1n) is 9.10. The number of nitrogens with zero attached hydrogens (tertiary/aromatic N) is 3. The first kappa shape index (κ1) is 18.8. The second-order valence-corrected chi connectivity index (χ2v) is 8.86. The molecule has 8 heteroatoms. The van der Waals surface area contributed by atoms with Crippen LogP contribution in [0.1, 0.15) is 30.2 Å². The molecule has 0 saturated carbocycles. The van der Waals surface area contributed by atoms with Crippen LogP contribution in [0.15, 0.2) is 57.9 Å². The van der Waals surface area contributed by atoms with Gasteiger partial charge in [-0.05, 0) is 31.9 Å². The summed E-state index contributed by atoms with van der Waals surface area (Å²) in [6.45, 7) is 2.52. The van der Waals surface area contributed by atoms with Crippen LogP contribution in [-0.2, 0) is 10.0 Å². The van der Waals surface area contributed by atoms with Gasteiger partial charge in [-0.1, -0.05) is 47.1 Å². The SMILES string of the molecule is Cc1ccc(-c2noc(C3CCCN(S(=O)(=O)c4ccccc4F)C3)n2)cc1. The van der Waals surface area contributed by atoms with Crippen molar-refractivity contribution in [1.29, 1.82) is 0 Å². The zero-order valence-corrected chi connectivity index (χ0v) is 16.2. The zero-order chi connectivity index (χ0) is 19.7. The predicted molar refractivity (Wildman–Crippen MR) is 102 cm³/mol. The van der Waals surface area contributed by atoms with E-state index in [-0.39, 0.29) is 17.4 Å². The minimum atomic E-state index is -3.92. The van der Waals surface area contributed by atoms with Crippen molar-refractivity contribution >= 4 is 10.0 Å². The fourth-order valence-electron chi connectivity index (χ4n) is 3.38. The Labute approximate surface area is 163 Å². The molecule has 6 nitrogen and oxygen atoms in total. The zero-order valence-electron chi connectivity index (χ0n) is 15.4. The van der Waals surface area contributed by atoms with Gasteiger partial charge in [0, 0.05) is 18.7 Å². The minimum absolute atomic E-state index is 0.187. The third-order valence-electron chi connectivity index (χ3n) is 4.94. The maximum absolute atomic E-state index is 14.0. The molecule has 4 rings (SSSR count). The lowest BCUT2D eigenvalue weighted by Gasteiger charge is -2.30. The highest BCUT2D eigenvalue weighted by molar-refractivity contribution is 7.89. The van der Waals surface area contributed by atoms with E-state index in [0.29, 0.717) is 24.7 Å². The van der Waals surface area contributed by atoms with Crippen molar-refractivity contribution < 1.29 is 17.3 Å². The first-order chi connectivity index (χ1) is 13.4. The summed E-state index contributed by atoms with van der Waals surface area (Å²) >= 11 is 0. The number of aryl methyl sites for hydroxylation is 1. The summed E-state index contributed by atoms with van der Waals surface area (Å²) in [5, 5.41) is 4.04. The highest BCUT2D eigenvalue weighted by atomic mass is 32.2. The standard InChI is InChI=1S/C20H20FN3O3S/c1-14-8-10-15(11-9-14)19-22-20(27-23-19)16-5-4-12-24(13-16)28(25,26)18-7-3-2-6-17(18)21/h2-3,6-11,16H,4-5,12-13H2,1H3. The van der Waals surface area contributed by atoms with Crippen LogP contribution >= 0.6 is 0 Å². The van der Waals surface area contributed by atoms with Gasteiger partial charge in [-0.2, -0.15) is 9.29 Å². The number of hydrogen-bond donors (Lipinski definition) is 0. The van der Waals surface area contributed by atoms with E-state index in [4.69, 9.17) is 4.52 Å².